The summed E-state index contributed by atoms with van der Waals surface area (Å²) in [7, 11) is 0. The summed E-state index contributed by atoms with van der Waals surface area (Å²) in [6.45, 7) is 3.81. The summed E-state index contributed by atoms with van der Waals surface area (Å²) in [5, 5.41) is 0.900. The van der Waals surface area contributed by atoms with Crippen LogP contribution >= 0.6 is 0 Å². The van der Waals surface area contributed by atoms with Crippen LogP contribution in [-0.2, 0) is 15.9 Å². The molecule has 0 radical (unpaired) electrons. The lowest BCUT2D eigenvalue weighted by atomic mass is 10.0. The minimum atomic E-state index is -0.839. The van der Waals surface area contributed by atoms with Crippen molar-refractivity contribution in [1.82, 2.24) is 0 Å². The first-order chi connectivity index (χ1) is 15.6. The van der Waals surface area contributed by atoms with E-state index in [1.165, 1.54) is 24.8 Å². The quantitative estimate of drug-likeness (QED) is 0.406. The predicted molar refractivity (Wildman–Crippen MR) is 123 cm³/mol. The molecule has 1 aliphatic rings. The second kappa shape index (κ2) is 10.7. The Morgan fingerprint density at radius 2 is 1.59 bits per heavy atom. The third-order valence-electron chi connectivity index (χ3n) is 5.88. The first-order valence-corrected chi connectivity index (χ1v) is 11.3. The molecule has 1 saturated heterocycles. The Morgan fingerprint density at radius 3 is 2.34 bits per heavy atom. The molecule has 1 fully saturated rings. The Hall–Kier alpha value is -2.74. The van der Waals surface area contributed by atoms with Crippen molar-refractivity contribution in [2.45, 2.75) is 45.3 Å². The molecular weight excluding hydrogens is 406 g/mol. The maximum atomic E-state index is 13.8. The zero-order valence-electron chi connectivity index (χ0n) is 18.4. The summed E-state index contributed by atoms with van der Waals surface area (Å²) in [4.78, 5) is 0. The summed E-state index contributed by atoms with van der Waals surface area (Å²) in [6.07, 6.45) is 5.25. The van der Waals surface area contributed by atoms with Gasteiger partial charge >= 0.3 is 0 Å². The summed E-state index contributed by atoms with van der Waals surface area (Å²) < 4.78 is 38.9. The third kappa shape index (κ3) is 5.73. The van der Waals surface area contributed by atoms with Gasteiger partial charge in [0.15, 0.2) is 17.9 Å². The van der Waals surface area contributed by atoms with E-state index in [0.717, 1.165) is 43.2 Å². The Kier molecular flexibility index (Phi) is 7.52. The van der Waals surface area contributed by atoms with Gasteiger partial charge in [-0.15, -0.1) is 0 Å². The highest BCUT2D eigenvalue weighted by Crippen LogP contribution is 2.22. The molecule has 0 aromatic heterocycles. The van der Waals surface area contributed by atoms with E-state index >= 15 is 0 Å². The number of benzene rings is 3. The van der Waals surface area contributed by atoms with Crippen LogP contribution in [0.15, 0.2) is 54.6 Å². The molecule has 0 unspecified atom stereocenters. The van der Waals surface area contributed by atoms with Gasteiger partial charge in [-0.2, -0.15) is 0 Å². The van der Waals surface area contributed by atoms with E-state index in [1.807, 2.05) is 12.1 Å². The smallest absolute Gasteiger partial charge is 0.166 e. The van der Waals surface area contributed by atoms with Crippen LogP contribution in [0.25, 0.3) is 10.8 Å². The zero-order valence-corrected chi connectivity index (χ0v) is 18.4. The van der Waals surface area contributed by atoms with Gasteiger partial charge in [0.2, 0.25) is 0 Å². The van der Waals surface area contributed by atoms with Crippen LogP contribution < -0.4 is 0 Å². The second-order valence-electron chi connectivity index (χ2n) is 8.39. The van der Waals surface area contributed by atoms with E-state index in [1.54, 1.807) is 24.3 Å². The molecule has 4 heteroatoms. The van der Waals surface area contributed by atoms with Crippen molar-refractivity contribution in [3.63, 3.8) is 0 Å². The van der Waals surface area contributed by atoms with Crippen LogP contribution in [0.5, 0.6) is 0 Å². The topological polar surface area (TPSA) is 18.5 Å². The number of rotatable bonds is 6. The number of aryl methyl sites for hydroxylation is 1. The van der Waals surface area contributed by atoms with E-state index in [9.17, 15) is 8.78 Å². The molecule has 0 spiro atoms. The van der Waals surface area contributed by atoms with Crippen molar-refractivity contribution < 1.29 is 18.3 Å². The van der Waals surface area contributed by atoms with E-state index in [4.69, 9.17) is 9.47 Å². The van der Waals surface area contributed by atoms with Crippen molar-refractivity contribution in [2.24, 2.45) is 5.92 Å². The summed E-state index contributed by atoms with van der Waals surface area (Å²) >= 11 is 0. The summed E-state index contributed by atoms with van der Waals surface area (Å²) in [6, 6.07) is 15.9. The monoisotopic (exact) mass is 434 g/mol. The van der Waals surface area contributed by atoms with Gasteiger partial charge in [0.1, 0.15) is 0 Å². The highest BCUT2D eigenvalue weighted by atomic mass is 19.2. The average molecular weight is 435 g/mol. The lowest BCUT2D eigenvalue weighted by molar-refractivity contribution is -0.203. The number of hydrogen-bond acceptors (Lipinski definition) is 2. The number of ether oxygens (including phenoxy) is 2. The summed E-state index contributed by atoms with van der Waals surface area (Å²) in [5.74, 6) is 5.12. The molecule has 1 heterocycles. The third-order valence-corrected chi connectivity index (χ3v) is 5.88. The molecule has 3 aromatic rings. The predicted octanol–water partition coefficient (Wildman–Crippen LogP) is 6.63. The fraction of sp³-hybridized carbons (Fsp3) is 0.357. The molecule has 2 nitrogen and oxygen atoms in total. The molecule has 1 aliphatic heterocycles. The van der Waals surface area contributed by atoms with Crippen LogP contribution in [0.3, 0.4) is 0 Å². The van der Waals surface area contributed by atoms with Gasteiger partial charge in [0.05, 0.1) is 13.2 Å². The average Bonchev–Trinajstić information content (AvgIpc) is 2.84. The highest BCUT2D eigenvalue weighted by molar-refractivity contribution is 5.84. The molecule has 0 amide bonds. The van der Waals surface area contributed by atoms with Gasteiger partial charge in [-0.1, -0.05) is 55.9 Å². The van der Waals surface area contributed by atoms with Gasteiger partial charge in [0, 0.05) is 28.9 Å². The lowest BCUT2D eigenvalue weighted by Crippen LogP contribution is -2.32. The molecule has 4 rings (SSSR count). The SMILES string of the molecule is CCCCC1COC(CCc2ccc(C#Cc3ccc4c(F)c(F)ccc4c3)cc2)OC1. The minimum Gasteiger partial charge on any atom is -0.352 e. The standard InChI is InChI=1S/C28H28F2O2/c1-2-3-4-23-18-31-27(32-19-23)16-12-21-7-5-20(6-8-21)9-10-22-11-14-25-24(17-22)13-15-26(29)28(25)30/h5-8,11,13-15,17,23,27H,2-4,12,16,18-19H2,1H3. The van der Waals surface area contributed by atoms with Crippen molar-refractivity contribution in [1.29, 1.82) is 0 Å². The molecule has 32 heavy (non-hydrogen) atoms. The Balaban J connectivity index is 1.31. The molecule has 0 atom stereocenters. The fourth-order valence-electron chi connectivity index (χ4n) is 3.94. The molecule has 166 valence electrons. The van der Waals surface area contributed by atoms with Crippen LogP contribution in [0.4, 0.5) is 8.78 Å². The first kappa shape index (κ1) is 22.5. The van der Waals surface area contributed by atoms with Crippen molar-refractivity contribution in [3.05, 3.63) is 82.9 Å². The Labute approximate surface area is 188 Å². The molecule has 0 N–H and O–H groups in total. The minimum absolute atomic E-state index is 0.112. The Morgan fingerprint density at radius 1 is 0.875 bits per heavy atom. The molecule has 0 aliphatic carbocycles. The van der Waals surface area contributed by atoms with E-state index in [-0.39, 0.29) is 11.7 Å². The van der Waals surface area contributed by atoms with E-state index in [0.29, 0.717) is 11.3 Å². The second-order valence-corrected chi connectivity index (χ2v) is 8.39. The van der Waals surface area contributed by atoms with E-state index in [2.05, 4.69) is 30.9 Å². The molecule has 0 saturated carbocycles. The van der Waals surface area contributed by atoms with Crippen LogP contribution in [0.2, 0.25) is 0 Å². The lowest BCUT2D eigenvalue weighted by Gasteiger charge is -2.29. The maximum absolute atomic E-state index is 13.8. The maximum Gasteiger partial charge on any atom is 0.166 e. The largest absolute Gasteiger partial charge is 0.352 e. The van der Waals surface area contributed by atoms with Gasteiger partial charge in [-0.3, -0.25) is 0 Å². The van der Waals surface area contributed by atoms with Crippen LogP contribution in [-0.4, -0.2) is 19.5 Å². The fourth-order valence-corrected chi connectivity index (χ4v) is 3.94. The number of fused-ring (bicyclic) bond motifs is 1. The van der Waals surface area contributed by atoms with Crippen molar-refractivity contribution >= 4 is 10.8 Å². The van der Waals surface area contributed by atoms with Gasteiger partial charge in [-0.05, 0) is 54.1 Å². The number of unbranched alkanes of at least 4 members (excludes halogenated alkanes) is 1. The van der Waals surface area contributed by atoms with Gasteiger partial charge in [-0.25, -0.2) is 8.78 Å². The Bertz CT molecular complexity index is 1100. The normalized spacial score (nSPS) is 18.3. The zero-order chi connectivity index (χ0) is 22.3. The molecule has 0 bridgehead atoms. The van der Waals surface area contributed by atoms with Crippen molar-refractivity contribution in [2.75, 3.05) is 13.2 Å². The van der Waals surface area contributed by atoms with Gasteiger partial charge in [0.25, 0.3) is 0 Å². The first-order valence-electron chi connectivity index (χ1n) is 11.3. The highest BCUT2D eigenvalue weighted by Gasteiger charge is 2.21. The molecular formula is C28H28F2O2. The number of hydrogen-bond donors (Lipinski definition) is 0. The van der Waals surface area contributed by atoms with E-state index < -0.39 is 11.6 Å². The van der Waals surface area contributed by atoms with Gasteiger partial charge < -0.3 is 9.47 Å². The van der Waals surface area contributed by atoms with Crippen LogP contribution in [0.1, 0.15) is 49.3 Å². The van der Waals surface area contributed by atoms with Crippen LogP contribution in [0, 0.1) is 29.4 Å². The molecule has 3 aromatic carbocycles. The summed E-state index contributed by atoms with van der Waals surface area (Å²) in [5.41, 5.74) is 2.89. The number of halogens is 2. The van der Waals surface area contributed by atoms with Crippen molar-refractivity contribution in [3.8, 4) is 11.8 Å².